The summed E-state index contributed by atoms with van der Waals surface area (Å²) < 4.78 is 0. The summed E-state index contributed by atoms with van der Waals surface area (Å²) in [4.78, 5) is 11.5. The van der Waals surface area contributed by atoms with Crippen molar-refractivity contribution in [2.24, 2.45) is 0 Å². The van der Waals surface area contributed by atoms with Crippen LogP contribution in [-0.2, 0) is 6.54 Å². The number of aromatic nitrogens is 2. The monoisotopic (exact) mass is 266 g/mol. The Labute approximate surface area is 114 Å². The highest BCUT2D eigenvalue weighted by Gasteiger charge is 2.23. The second-order valence-electron chi connectivity index (χ2n) is 5.01. The molecule has 1 aliphatic rings. The Morgan fingerprint density at radius 2 is 2.39 bits per heavy atom. The first kappa shape index (κ1) is 13.8. The van der Waals surface area contributed by atoms with Crippen molar-refractivity contribution in [3.8, 4) is 0 Å². The zero-order valence-electron chi connectivity index (χ0n) is 11.4. The number of nitrogens with zero attached hydrogens (tertiary/aromatic N) is 3. The van der Waals surface area contributed by atoms with E-state index in [0.29, 0.717) is 12.1 Å². The van der Waals surface area contributed by atoms with Crippen LogP contribution in [0.3, 0.4) is 0 Å². The highest BCUT2D eigenvalue weighted by molar-refractivity contribution is 7.99. The lowest BCUT2D eigenvalue weighted by molar-refractivity contribution is 0.264. The van der Waals surface area contributed by atoms with E-state index in [1.165, 1.54) is 5.75 Å². The average Bonchev–Trinajstić information content (AvgIpc) is 2.37. The van der Waals surface area contributed by atoms with Crippen LogP contribution in [0.2, 0.25) is 0 Å². The molecule has 0 spiro atoms. The molecule has 18 heavy (non-hydrogen) atoms. The molecular weight excluding hydrogens is 244 g/mol. The molecule has 1 atom stereocenters. The maximum absolute atomic E-state index is 4.69. The van der Waals surface area contributed by atoms with E-state index < -0.39 is 0 Å². The van der Waals surface area contributed by atoms with Gasteiger partial charge in [-0.05, 0) is 13.1 Å². The largest absolute Gasteiger partial charge is 0.309 e. The Morgan fingerprint density at radius 1 is 1.56 bits per heavy atom. The van der Waals surface area contributed by atoms with Crippen LogP contribution in [0.1, 0.15) is 31.4 Å². The molecule has 1 aromatic rings. The van der Waals surface area contributed by atoms with Gasteiger partial charge in [0.1, 0.15) is 5.82 Å². The van der Waals surface area contributed by atoms with E-state index in [0.717, 1.165) is 30.4 Å². The highest BCUT2D eigenvalue weighted by atomic mass is 32.2. The molecule has 4 nitrogen and oxygen atoms in total. The van der Waals surface area contributed by atoms with Gasteiger partial charge in [-0.1, -0.05) is 13.8 Å². The van der Waals surface area contributed by atoms with Gasteiger partial charge in [-0.15, -0.1) is 0 Å². The summed E-state index contributed by atoms with van der Waals surface area (Å²) >= 11 is 1.99. The van der Waals surface area contributed by atoms with Crippen LogP contribution in [0, 0.1) is 0 Å². The molecule has 1 saturated heterocycles. The Kier molecular flexibility index (Phi) is 4.97. The minimum Gasteiger partial charge on any atom is -0.309 e. The normalized spacial score (nSPS) is 21.4. The summed E-state index contributed by atoms with van der Waals surface area (Å²) in [6, 6.07) is 2.84. The number of hydrogen-bond acceptors (Lipinski definition) is 5. The van der Waals surface area contributed by atoms with Gasteiger partial charge in [0.25, 0.3) is 0 Å². The molecule has 0 amide bonds. The molecule has 1 aliphatic heterocycles. The van der Waals surface area contributed by atoms with E-state index in [2.05, 4.69) is 36.1 Å². The van der Waals surface area contributed by atoms with E-state index in [-0.39, 0.29) is 0 Å². The van der Waals surface area contributed by atoms with Crippen LogP contribution in [0.15, 0.2) is 12.3 Å². The first-order valence-corrected chi connectivity index (χ1v) is 7.65. The van der Waals surface area contributed by atoms with Crippen LogP contribution in [0.25, 0.3) is 0 Å². The number of nitrogens with one attached hydrogen (secondary N) is 1. The second-order valence-corrected chi connectivity index (χ2v) is 6.16. The van der Waals surface area contributed by atoms with Crippen LogP contribution in [0.5, 0.6) is 0 Å². The molecule has 0 saturated carbocycles. The first-order chi connectivity index (χ1) is 8.66. The van der Waals surface area contributed by atoms with Crippen molar-refractivity contribution in [2.75, 3.05) is 25.1 Å². The van der Waals surface area contributed by atoms with Crippen LogP contribution < -0.4 is 5.32 Å². The third kappa shape index (κ3) is 3.67. The second kappa shape index (κ2) is 6.50. The van der Waals surface area contributed by atoms with E-state index >= 15 is 0 Å². The number of rotatable bonds is 4. The zero-order valence-corrected chi connectivity index (χ0v) is 12.2. The third-order valence-corrected chi connectivity index (χ3v) is 4.14. The summed E-state index contributed by atoms with van der Waals surface area (Å²) in [7, 11) is 2.16. The van der Waals surface area contributed by atoms with Crippen molar-refractivity contribution in [1.29, 1.82) is 0 Å². The highest BCUT2D eigenvalue weighted by Crippen LogP contribution is 2.25. The molecule has 1 aromatic heterocycles. The van der Waals surface area contributed by atoms with Crippen molar-refractivity contribution in [3.63, 3.8) is 0 Å². The maximum atomic E-state index is 4.69. The lowest BCUT2D eigenvalue weighted by Crippen LogP contribution is -2.34. The molecule has 1 unspecified atom stereocenters. The summed E-state index contributed by atoms with van der Waals surface area (Å²) in [5.74, 6) is 3.27. The SMILES string of the molecule is CC(C)NCc1ccnc(C2CSCCN2C)n1. The predicted octanol–water partition coefficient (Wildman–Crippen LogP) is 1.69. The molecule has 1 fully saturated rings. The van der Waals surface area contributed by atoms with Gasteiger partial charge < -0.3 is 5.32 Å². The van der Waals surface area contributed by atoms with Gasteiger partial charge in [0.05, 0.1) is 11.7 Å². The first-order valence-electron chi connectivity index (χ1n) is 6.50. The Bertz CT molecular complexity index is 383. The van der Waals surface area contributed by atoms with E-state index in [9.17, 15) is 0 Å². The number of thioether (sulfide) groups is 1. The van der Waals surface area contributed by atoms with Crippen LogP contribution >= 0.6 is 11.8 Å². The van der Waals surface area contributed by atoms with E-state index in [1.807, 2.05) is 24.0 Å². The minimum absolute atomic E-state index is 0.364. The molecule has 2 heterocycles. The van der Waals surface area contributed by atoms with Gasteiger partial charge in [-0.2, -0.15) is 11.8 Å². The summed E-state index contributed by atoms with van der Waals surface area (Å²) in [5, 5.41) is 3.39. The molecule has 1 N–H and O–H groups in total. The zero-order chi connectivity index (χ0) is 13.0. The Morgan fingerprint density at radius 3 is 3.11 bits per heavy atom. The predicted molar refractivity (Wildman–Crippen MR) is 76.7 cm³/mol. The van der Waals surface area contributed by atoms with Crippen LogP contribution in [0.4, 0.5) is 0 Å². The van der Waals surface area contributed by atoms with Gasteiger partial charge in [-0.3, -0.25) is 4.90 Å². The lowest BCUT2D eigenvalue weighted by Gasteiger charge is -2.30. The van der Waals surface area contributed by atoms with Crippen molar-refractivity contribution >= 4 is 11.8 Å². The average molecular weight is 266 g/mol. The quantitative estimate of drug-likeness (QED) is 0.898. The van der Waals surface area contributed by atoms with E-state index in [4.69, 9.17) is 4.98 Å². The van der Waals surface area contributed by atoms with Gasteiger partial charge in [0, 0.05) is 36.8 Å². The summed E-state index contributed by atoms with van der Waals surface area (Å²) in [5.41, 5.74) is 1.08. The van der Waals surface area contributed by atoms with Gasteiger partial charge >= 0.3 is 0 Å². The van der Waals surface area contributed by atoms with Gasteiger partial charge in [-0.25, -0.2) is 9.97 Å². The van der Waals surface area contributed by atoms with Crippen molar-refractivity contribution < 1.29 is 0 Å². The summed E-state index contributed by atoms with van der Waals surface area (Å²) in [6.45, 7) is 6.23. The Hall–Kier alpha value is -0.650. The van der Waals surface area contributed by atoms with Crippen molar-refractivity contribution in [3.05, 3.63) is 23.8 Å². The lowest BCUT2D eigenvalue weighted by atomic mass is 10.2. The van der Waals surface area contributed by atoms with Gasteiger partial charge in [0.2, 0.25) is 0 Å². The fourth-order valence-corrected chi connectivity index (χ4v) is 3.15. The topological polar surface area (TPSA) is 41.1 Å². The molecular formula is C13H22N4S. The minimum atomic E-state index is 0.364. The molecule has 2 rings (SSSR count). The standard InChI is InChI=1S/C13H22N4S/c1-10(2)15-8-11-4-5-14-13(16-11)12-9-18-7-6-17(12)3/h4-5,10,12,15H,6-9H2,1-3H3. The smallest absolute Gasteiger partial charge is 0.146 e. The van der Waals surface area contributed by atoms with Crippen LogP contribution in [-0.4, -0.2) is 46.0 Å². The fraction of sp³-hybridized carbons (Fsp3) is 0.692. The summed E-state index contributed by atoms with van der Waals surface area (Å²) in [6.07, 6.45) is 1.88. The van der Waals surface area contributed by atoms with E-state index in [1.54, 1.807) is 0 Å². The molecule has 0 aliphatic carbocycles. The molecule has 0 aromatic carbocycles. The maximum Gasteiger partial charge on any atom is 0.146 e. The fourth-order valence-electron chi connectivity index (χ4n) is 1.94. The van der Waals surface area contributed by atoms with Gasteiger partial charge in [0.15, 0.2) is 0 Å². The van der Waals surface area contributed by atoms with Crippen molar-refractivity contribution in [1.82, 2.24) is 20.2 Å². The molecule has 0 bridgehead atoms. The molecule has 0 radical (unpaired) electrons. The van der Waals surface area contributed by atoms with Crippen molar-refractivity contribution in [2.45, 2.75) is 32.5 Å². The number of hydrogen-bond donors (Lipinski definition) is 1. The third-order valence-electron chi connectivity index (χ3n) is 3.12. The molecule has 5 heteroatoms. The molecule has 100 valence electrons. The Balaban J connectivity index is 2.06.